The maximum Gasteiger partial charge on any atom is 0.325 e. The zero-order valence-electron chi connectivity index (χ0n) is 15.1. The molecule has 0 unspecified atom stereocenters. The van der Waals surface area contributed by atoms with Gasteiger partial charge in [0.05, 0.1) is 6.61 Å². The van der Waals surface area contributed by atoms with Gasteiger partial charge in [-0.3, -0.25) is 0 Å². The van der Waals surface area contributed by atoms with Crippen LogP contribution in [0.3, 0.4) is 0 Å². The maximum atomic E-state index is 13.6. The molecule has 1 aliphatic heterocycles. The number of ether oxygens (including phenoxy) is 2. The van der Waals surface area contributed by atoms with Crippen LogP contribution in [0.4, 0.5) is 8.78 Å². The minimum absolute atomic E-state index is 0.325. The SMILES string of the molecule is CCOc1ccc(Cc2cc([C@@H]3O[C@H](O)C(F)(F)[C@H](O)[C@H]3O)ccc2Cl)cc1. The van der Waals surface area contributed by atoms with E-state index >= 15 is 0 Å². The van der Waals surface area contributed by atoms with Gasteiger partial charge in [0.15, 0.2) is 6.10 Å². The van der Waals surface area contributed by atoms with Crippen LogP contribution in [-0.2, 0) is 11.2 Å². The summed E-state index contributed by atoms with van der Waals surface area (Å²) in [5, 5.41) is 29.7. The van der Waals surface area contributed by atoms with E-state index in [1.165, 1.54) is 6.07 Å². The second-order valence-electron chi connectivity index (χ2n) is 6.62. The fourth-order valence-corrected chi connectivity index (χ4v) is 3.31. The van der Waals surface area contributed by atoms with Crippen LogP contribution in [0.25, 0.3) is 0 Å². The third-order valence-corrected chi connectivity index (χ3v) is 5.03. The molecule has 0 saturated carbocycles. The summed E-state index contributed by atoms with van der Waals surface area (Å²) in [6.07, 6.45) is -7.75. The Bertz CT molecular complexity index is 815. The van der Waals surface area contributed by atoms with Gasteiger partial charge in [0.25, 0.3) is 0 Å². The van der Waals surface area contributed by atoms with Gasteiger partial charge in [-0.2, -0.15) is 8.78 Å². The first-order chi connectivity index (χ1) is 13.2. The van der Waals surface area contributed by atoms with Gasteiger partial charge in [-0.15, -0.1) is 0 Å². The van der Waals surface area contributed by atoms with Gasteiger partial charge < -0.3 is 24.8 Å². The fourth-order valence-electron chi connectivity index (χ4n) is 3.12. The molecule has 1 heterocycles. The molecule has 0 radical (unpaired) electrons. The van der Waals surface area contributed by atoms with Crippen LogP contribution >= 0.6 is 11.6 Å². The molecule has 3 N–H and O–H groups in total. The Kier molecular flexibility index (Phi) is 6.21. The summed E-state index contributed by atoms with van der Waals surface area (Å²) in [5.74, 6) is -3.22. The highest BCUT2D eigenvalue weighted by Crippen LogP contribution is 2.40. The van der Waals surface area contributed by atoms with Crippen LogP contribution in [0.1, 0.15) is 29.7 Å². The first-order valence-electron chi connectivity index (χ1n) is 8.81. The summed E-state index contributed by atoms with van der Waals surface area (Å²) in [6.45, 7) is 2.46. The van der Waals surface area contributed by atoms with Crippen LogP contribution in [0.2, 0.25) is 5.02 Å². The molecule has 2 aromatic carbocycles. The van der Waals surface area contributed by atoms with E-state index in [1.54, 1.807) is 12.1 Å². The summed E-state index contributed by atoms with van der Waals surface area (Å²) >= 11 is 6.26. The van der Waals surface area contributed by atoms with Gasteiger partial charge in [0.2, 0.25) is 6.29 Å². The smallest absolute Gasteiger partial charge is 0.325 e. The quantitative estimate of drug-likeness (QED) is 0.700. The molecule has 1 fully saturated rings. The second-order valence-corrected chi connectivity index (χ2v) is 7.03. The molecule has 4 atom stereocenters. The Balaban J connectivity index is 1.83. The molecule has 0 aromatic heterocycles. The van der Waals surface area contributed by atoms with Crippen LogP contribution in [0.5, 0.6) is 5.75 Å². The lowest BCUT2D eigenvalue weighted by molar-refractivity contribution is -0.345. The van der Waals surface area contributed by atoms with E-state index in [4.69, 9.17) is 21.1 Å². The van der Waals surface area contributed by atoms with Crippen molar-refractivity contribution in [3.8, 4) is 5.75 Å². The van der Waals surface area contributed by atoms with E-state index in [1.807, 2.05) is 31.2 Å². The summed E-state index contributed by atoms with van der Waals surface area (Å²) in [6, 6.07) is 12.1. The molecular formula is C20H21ClF2O5. The molecule has 28 heavy (non-hydrogen) atoms. The van der Waals surface area contributed by atoms with Crippen molar-refractivity contribution >= 4 is 11.6 Å². The Morgan fingerprint density at radius 2 is 1.79 bits per heavy atom. The van der Waals surface area contributed by atoms with E-state index in [-0.39, 0.29) is 0 Å². The summed E-state index contributed by atoms with van der Waals surface area (Å²) in [4.78, 5) is 0. The Hall–Kier alpha value is -1.77. The average Bonchev–Trinajstić information content (AvgIpc) is 2.67. The van der Waals surface area contributed by atoms with Gasteiger partial charge in [-0.25, -0.2) is 0 Å². The van der Waals surface area contributed by atoms with Gasteiger partial charge in [0, 0.05) is 5.02 Å². The summed E-state index contributed by atoms with van der Waals surface area (Å²) in [7, 11) is 0. The number of aliphatic hydroxyl groups excluding tert-OH is 3. The lowest BCUT2D eigenvalue weighted by Crippen LogP contribution is -2.58. The van der Waals surface area contributed by atoms with E-state index in [9.17, 15) is 24.1 Å². The third-order valence-electron chi connectivity index (χ3n) is 4.66. The fraction of sp³-hybridized carbons (Fsp3) is 0.400. The summed E-state index contributed by atoms with van der Waals surface area (Å²) < 4.78 is 37.6. The topological polar surface area (TPSA) is 79.2 Å². The molecule has 0 amide bonds. The van der Waals surface area contributed by atoms with Crippen molar-refractivity contribution in [3.05, 3.63) is 64.2 Å². The Morgan fingerprint density at radius 1 is 1.11 bits per heavy atom. The standard InChI is InChI=1S/C20H21ClF2O5/c1-2-27-14-6-3-11(4-7-14)9-13-10-12(5-8-15(13)21)17-16(24)18(25)20(22,23)19(26)28-17/h3-8,10,16-19,24-26H,2,9H2,1H3/t16-,17-,18+,19-/m0/s1. The van der Waals surface area contributed by atoms with Crippen LogP contribution in [0.15, 0.2) is 42.5 Å². The van der Waals surface area contributed by atoms with E-state index in [0.717, 1.165) is 11.3 Å². The molecule has 0 aliphatic carbocycles. The molecule has 152 valence electrons. The molecule has 2 aromatic rings. The predicted molar refractivity (Wildman–Crippen MR) is 98.7 cm³/mol. The minimum Gasteiger partial charge on any atom is -0.494 e. The lowest BCUT2D eigenvalue weighted by Gasteiger charge is -2.40. The van der Waals surface area contributed by atoms with Crippen molar-refractivity contribution in [2.24, 2.45) is 0 Å². The van der Waals surface area contributed by atoms with Crippen molar-refractivity contribution in [2.45, 2.75) is 43.9 Å². The zero-order chi connectivity index (χ0) is 20.5. The van der Waals surface area contributed by atoms with Crippen LogP contribution in [-0.4, -0.2) is 46.3 Å². The van der Waals surface area contributed by atoms with E-state index < -0.39 is 30.5 Å². The monoisotopic (exact) mass is 414 g/mol. The summed E-state index contributed by atoms with van der Waals surface area (Å²) in [5.41, 5.74) is 1.95. The molecular weight excluding hydrogens is 394 g/mol. The van der Waals surface area contributed by atoms with Crippen molar-refractivity contribution in [2.75, 3.05) is 6.61 Å². The third kappa shape index (κ3) is 4.14. The van der Waals surface area contributed by atoms with Crippen molar-refractivity contribution in [1.82, 2.24) is 0 Å². The number of aliphatic hydroxyl groups is 3. The first-order valence-corrected chi connectivity index (χ1v) is 9.19. The number of hydrogen-bond donors (Lipinski definition) is 3. The number of benzene rings is 2. The highest BCUT2D eigenvalue weighted by Gasteiger charge is 2.57. The average molecular weight is 415 g/mol. The maximum absolute atomic E-state index is 13.6. The van der Waals surface area contributed by atoms with Gasteiger partial charge in [-0.05, 0) is 48.2 Å². The first kappa shape index (κ1) is 21.0. The van der Waals surface area contributed by atoms with Crippen molar-refractivity contribution in [3.63, 3.8) is 0 Å². The molecule has 3 rings (SSSR count). The number of alkyl halides is 2. The van der Waals surface area contributed by atoms with Gasteiger partial charge in [-0.1, -0.05) is 35.9 Å². The Morgan fingerprint density at radius 3 is 2.43 bits per heavy atom. The number of rotatable bonds is 5. The highest BCUT2D eigenvalue weighted by molar-refractivity contribution is 6.31. The van der Waals surface area contributed by atoms with Crippen LogP contribution < -0.4 is 4.74 Å². The minimum atomic E-state index is -3.96. The normalized spacial score (nSPS) is 26.8. The highest BCUT2D eigenvalue weighted by atomic mass is 35.5. The zero-order valence-corrected chi connectivity index (χ0v) is 15.8. The molecule has 1 aliphatic rings. The van der Waals surface area contributed by atoms with Crippen LogP contribution in [0, 0.1) is 0 Å². The second kappa shape index (κ2) is 8.31. The van der Waals surface area contributed by atoms with Gasteiger partial charge in [0.1, 0.15) is 18.0 Å². The molecule has 0 spiro atoms. The lowest BCUT2D eigenvalue weighted by atomic mass is 9.91. The molecule has 0 bridgehead atoms. The number of halogens is 3. The largest absolute Gasteiger partial charge is 0.494 e. The Labute approximate surface area is 166 Å². The van der Waals surface area contributed by atoms with Crippen molar-refractivity contribution in [1.29, 1.82) is 0 Å². The number of hydrogen-bond acceptors (Lipinski definition) is 5. The van der Waals surface area contributed by atoms with E-state index in [0.29, 0.717) is 29.2 Å². The molecule has 5 nitrogen and oxygen atoms in total. The van der Waals surface area contributed by atoms with Gasteiger partial charge >= 0.3 is 5.92 Å². The van der Waals surface area contributed by atoms with Crippen molar-refractivity contribution < 1.29 is 33.6 Å². The predicted octanol–water partition coefficient (Wildman–Crippen LogP) is 3.08. The molecule has 1 saturated heterocycles. The van der Waals surface area contributed by atoms with E-state index in [2.05, 4.69) is 0 Å². The molecule has 8 heteroatoms.